The minimum atomic E-state index is -4.29. The molecule has 0 bridgehead atoms. The normalized spacial score (nSPS) is 20.3. The van der Waals surface area contributed by atoms with Crippen molar-refractivity contribution in [2.45, 2.75) is 31.7 Å². The third-order valence-electron chi connectivity index (χ3n) is 3.00. The number of hydrogen-bond acceptors (Lipinski definition) is 2. The summed E-state index contributed by atoms with van der Waals surface area (Å²) in [5.74, 6) is 0. The topological polar surface area (TPSA) is 21.3 Å². The van der Waals surface area contributed by atoms with E-state index >= 15 is 0 Å². The molecule has 1 atom stereocenters. The van der Waals surface area contributed by atoms with E-state index in [2.05, 4.69) is 5.32 Å². The maximum atomic E-state index is 12.5. The lowest BCUT2D eigenvalue weighted by Gasteiger charge is -2.12. The molecule has 1 heterocycles. The first-order valence-electron chi connectivity index (χ1n) is 6.03. The van der Waals surface area contributed by atoms with E-state index in [4.69, 9.17) is 4.74 Å². The molecule has 5 heteroatoms. The van der Waals surface area contributed by atoms with Crippen LogP contribution in [0.25, 0.3) is 0 Å². The van der Waals surface area contributed by atoms with E-state index < -0.39 is 11.7 Å². The van der Waals surface area contributed by atoms with Crippen molar-refractivity contribution in [1.82, 2.24) is 5.32 Å². The van der Waals surface area contributed by atoms with Crippen molar-refractivity contribution in [3.05, 3.63) is 35.4 Å². The van der Waals surface area contributed by atoms with Crippen LogP contribution in [0.3, 0.4) is 0 Å². The lowest BCUT2D eigenvalue weighted by atomic mass is 10.1. The van der Waals surface area contributed by atoms with Crippen molar-refractivity contribution in [1.29, 1.82) is 0 Å². The van der Waals surface area contributed by atoms with Crippen LogP contribution in [0, 0.1) is 0 Å². The molecule has 2 nitrogen and oxygen atoms in total. The van der Waals surface area contributed by atoms with Gasteiger partial charge in [0.25, 0.3) is 0 Å². The summed E-state index contributed by atoms with van der Waals surface area (Å²) in [5.41, 5.74) is -0.0644. The Morgan fingerprint density at radius 3 is 2.83 bits per heavy atom. The monoisotopic (exact) mass is 259 g/mol. The van der Waals surface area contributed by atoms with Crippen molar-refractivity contribution in [3.8, 4) is 0 Å². The average Bonchev–Trinajstić information content (AvgIpc) is 2.81. The molecular formula is C13H16F3NO. The molecule has 1 aliphatic rings. The Bertz CT molecular complexity index is 386. The van der Waals surface area contributed by atoms with Crippen molar-refractivity contribution >= 4 is 0 Å². The van der Waals surface area contributed by atoms with E-state index in [0.29, 0.717) is 18.2 Å². The first-order valence-corrected chi connectivity index (χ1v) is 6.03. The van der Waals surface area contributed by atoms with Crippen LogP contribution in [0.2, 0.25) is 0 Å². The quantitative estimate of drug-likeness (QED) is 0.897. The van der Waals surface area contributed by atoms with Gasteiger partial charge < -0.3 is 10.1 Å². The van der Waals surface area contributed by atoms with Crippen LogP contribution in [-0.2, 0) is 17.5 Å². The van der Waals surface area contributed by atoms with Crippen LogP contribution in [-0.4, -0.2) is 19.2 Å². The van der Waals surface area contributed by atoms with Gasteiger partial charge in [0.15, 0.2) is 0 Å². The van der Waals surface area contributed by atoms with E-state index in [0.717, 1.165) is 31.5 Å². The van der Waals surface area contributed by atoms with Gasteiger partial charge in [-0.15, -0.1) is 0 Å². The third kappa shape index (κ3) is 3.71. The van der Waals surface area contributed by atoms with Gasteiger partial charge in [0, 0.05) is 6.04 Å². The largest absolute Gasteiger partial charge is 0.416 e. The summed E-state index contributed by atoms with van der Waals surface area (Å²) < 4.78 is 42.9. The minimum Gasteiger partial charge on any atom is -0.375 e. The van der Waals surface area contributed by atoms with Gasteiger partial charge in [0.2, 0.25) is 0 Å². The van der Waals surface area contributed by atoms with Gasteiger partial charge in [-0.2, -0.15) is 13.2 Å². The van der Waals surface area contributed by atoms with Gasteiger partial charge in [-0.05, 0) is 37.1 Å². The molecule has 0 radical (unpaired) electrons. The summed E-state index contributed by atoms with van der Waals surface area (Å²) in [5, 5.41) is 3.27. The van der Waals surface area contributed by atoms with Crippen LogP contribution >= 0.6 is 0 Å². The molecule has 2 rings (SSSR count). The van der Waals surface area contributed by atoms with Gasteiger partial charge >= 0.3 is 6.18 Å². The summed E-state index contributed by atoms with van der Waals surface area (Å²) in [4.78, 5) is 0. The third-order valence-corrected chi connectivity index (χ3v) is 3.00. The second-order valence-electron chi connectivity index (χ2n) is 4.51. The lowest BCUT2D eigenvalue weighted by molar-refractivity contribution is -0.137. The molecule has 1 N–H and O–H groups in total. The number of ether oxygens (including phenoxy) is 1. The van der Waals surface area contributed by atoms with Crippen LogP contribution in [0.4, 0.5) is 13.2 Å². The van der Waals surface area contributed by atoms with E-state index in [1.54, 1.807) is 6.07 Å². The summed E-state index contributed by atoms with van der Waals surface area (Å²) in [7, 11) is 0. The van der Waals surface area contributed by atoms with Gasteiger partial charge in [-0.3, -0.25) is 0 Å². The van der Waals surface area contributed by atoms with Crippen molar-refractivity contribution in [2.75, 3.05) is 13.2 Å². The number of alkyl halides is 3. The Morgan fingerprint density at radius 1 is 1.33 bits per heavy atom. The maximum absolute atomic E-state index is 12.5. The van der Waals surface area contributed by atoms with Gasteiger partial charge in [0.1, 0.15) is 0 Å². The Labute approximate surface area is 104 Å². The number of nitrogens with one attached hydrogen (secondary N) is 1. The van der Waals surface area contributed by atoms with Crippen molar-refractivity contribution in [3.63, 3.8) is 0 Å². The molecule has 1 unspecified atom stereocenters. The number of benzene rings is 1. The molecule has 1 aliphatic heterocycles. The fraction of sp³-hybridized carbons (Fsp3) is 0.538. The first-order chi connectivity index (χ1) is 8.55. The van der Waals surface area contributed by atoms with Gasteiger partial charge in [0.05, 0.1) is 18.8 Å². The van der Waals surface area contributed by atoms with E-state index in [-0.39, 0.29) is 6.61 Å². The maximum Gasteiger partial charge on any atom is 0.416 e. The second kappa shape index (κ2) is 5.71. The molecule has 0 aromatic heterocycles. The molecule has 18 heavy (non-hydrogen) atoms. The van der Waals surface area contributed by atoms with Crippen LogP contribution < -0.4 is 5.32 Å². The van der Waals surface area contributed by atoms with Crippen LogP contribution in [0.15, 0.2) is 24.3 Å². The molecule has 1 aromatic rings. The molecule has 0 saturated carbocycles. The molecular weight excluding hydrogens is 243 g/mol. The molecule has 1 aromatic carbocycles. The second-order valence-corrected chi connectivity index (χ2v) is 4.51. The van der Waals surface area contributed by atoms with E-state index in [1.165, 1.54) is 6.07 Å². The van der Waals surface area contributed by atoms with Crippen LogP contribution in [0.5, 0.6) is 0 Å². The van der Waals surface area contributed by atoms with Crippen molar-refractivity contribution in [2.24, 2.45) is 0 Å². The van der Waals surface area contributed by atoms with Gasteiger partial charge in [-0.25, -0.2) is 0 Å². The molecule has 0 aliphatic carbocycles. The fourth-order valence-corrected chi connectivity index (χ4v) is 2.06. The molecule has 0 amide bonds. The van der Waals surface area contributed by atoms with Crippen molar-refractivity contribution < 1.29 is 17.9 Å². The summed E-state index contributed by atoms with van der Waals surface area (Å²) >= 11 is 0. The zero-order valence-electron chi connectivity index (χ0n) is 9.96. The highest BCUT2D eigenvalue weighted by atomic mass is 19.4. The Kier molecular flexibility index (Phi) is 4.24. The summed E-state index contributed by atoms with van der Waals surface area (Å²) in [6.45, 7) is 1.77. The standard InChI is InChI=1S/C13H16F3NO/c14-13(15,16)11-4-1-3-10(7-11)8-18-9-12-5-2-6-17-12/h1,3-4,7,12,17H,2,5-6,8-9H2. The predicted molar refractivity (Wildman–Crippen MR) is 62.1 cm³/mol. The smallest absolute Gasteiger partial charge is 0.375 e. The highest BCUT2D eigenvalue weighted by Crippen LogP contribution is 2.29. The SMILES string of the molecule is FC(F)(F)c1cccc(COCC2CCCN2)c1. The summed E-state index contributed by atoms with van der Waals surface area (Å²) in [6, 6.07) is 5.62. The number of rotatable bonds is 4. The highest BCUT2D eigenvalue weighted by Gasteiger charge is 2.30. The lowest BCUT2D eigenvalue weighted by Crippen LogP contribution is -2.26. The minimum absolute atomic E-state index is 0.224. The number of halogens is 3. The summed E-state index contributed by atoms with van der Waals surface area (Å²) in [6.07, 6.45) is -2.08. The Morgan fingerprint density at radius 2 is 2.17 bits per heavy atom. The zero-order valence-corrected chi connectivity index (χ0v) is 9.96. The molecule has 1 saturated heterocycles. The predicted octanol–water partition coefficient (Wildman–Crippen LogP) is 2.97. The Balaban J connectivity index is 1.85. The van der Waals surface area contributed by atoms with E-state index in [9.17, 15) is 13.2 Å². The number of hydrogen-bond donors (Lipinski definition) is 1. The zero-order chi connectivity index (χ0) is 13.0. The van der Waals surface area contributed by atoms with E-state index in [1.807, 2.05) is 0 Å². The Hall–Kier alpha value is -1.07. The highest BCUT2D eigenvalue weighted by molar-refractivity contribution is 5.25. The van der Waals surface area contributed by atoms with Crippen LogP contribution in [0.1, 0.15) is 24.0 Å². The molecule has 0 spiro atoms. The first kappa shape index (κ1) is 13.4. The fourth-order valence-electron chi connectivity index (χ4n) is 2.06. The molecule has 100 valence electrons. The van der Waals surface area contributed by atoms with Gasteiger partial charge in [-0.1, -0.05) is 12.1 Å². The molecule has 1 fully saturated rings. The average molecular weight is 259 g/mol.